The monoisotopic (exact) mass is 328 g/mol. The standard InChI is InChI=1S/C18H20N2O2S/c1-3-16-15-8-10-23-17(15)7-9-20(16)18(22)13-5-4-6-14(11-13)19-12(2)21/h4-6,8,10-11,16H,3,7,9H2,1-2H3,(H,19,21)/t16-/m1/s1. The van der Waals surface area contributed by atoms with E-state index in [4.69, 9.17) is 0 Å². The Bertz CT molecular complexity index is 738. The number of hydrogen-bond acceptors (Lipinski definition) is 3. The Labute approximate surface area is 140 Å². The van der Waals surface area contributed by atoms with E-state index in [0.717, 1.165) is 19.4 Å². The Morgan fingerprint density at radius 1 is 1.35 bits per heavy atom. The van der Waals surface area contributed by atoms with Gasteiger partial charge in [0.15, 0.2) is 0 Å². The molecule has 23 heavy (non-hydrogen) atoms. The third-order valence-corrected chi connectivity index (χ3v) is 5.17. The number of carbonyl (C=O) groups excluding carboxylic acids is 2. The molecule has 0 unspecified atom stereocenters. The number of nitrogens with zero attached hydrogens (tertiary/aromatic N) is 1. The highest BCUT2D eigenvalue weighted by Crippen LogP contribution is 2.36. The van der Waals surface area contributed by atoms with Gasteiger partial charge in [0, 0.05) is 29.6 Å². The van der Waals surface area contributed by atoms with Gasteiger partial charge in [0.1, 0.15) is 0 Å². The van der Waals surface area contributed by atoms with Crippen LogP contribution in [-0.4, -0.2) is 23.3 Å². The molecule has 1 N–H and O–H groups in total. The highest BCUT2D eigenvalue weighted by Gasteiger charge is 2.30. The summed E-state index contributed by atoms with van der Waals surface area (Å²) in [7, 11) is 0. The number of carbonyl (C=O) groups is 2. The van der Waals surface area contributed by atoms with E-state index in [1.807, 2.05) is 11.0 Å². The molecule has 1 aromatic heterocycles. The van der Waals surface area contributed by atoms with Gasteiger partial charge in [0.2, 0.25) is 5.91 Å². The van der Waals surface area contributed by atoms with Crippen molar-refractivity contribution in [1.29, 1.82) is 0 Å². The molecule has 0 radical (unpaired) electrons. The van der Waals surface area contributed by atoms with Crippen LogP contribution in [0.2, 0.25) is 0 Å². The third-order valence-electron chi connectivity index (χ3n) is 4.17. The van der Waals surface area contributed by atoms with E-state index in [9.17, 15) is 9.59 Å². The molecule has 120 valence electrons. The largest absolute Gasteiger partial charge is 0.331 e. The molecule has 1 aliphatic heterocycles. The average molecular weight is 328 g/mol. The molecule has 3 rings (SSSR count). The zero-order valence-electron chi connectivity index (χ0n) is 13.3. The number of fused-ring (bicyclic) bond motifs is 1. The lowest BCUT2D eigenvalue weighted by molar-refractivity contribution is -0.114. The number of anilines is 1. The molecule has 2 amide bonds. The minimum Gasteiger partial charge on any atom is -0.331 e. The topological polar surface area (TPSA) is 49.4 Å². The van der Waals surface area contributed by atoms with E-state index < -0.39 is 0 Å². The molecule has 4 nitrogen and oxygen atoms in total. The van der Waals surface area contributed by atoms with Crippen molar-refractivity contribution in [3.63, 3.8) is 0 Å². The summed E-state index contributed by atoms with van der Waals surface area (Å²) in [5.41, 5.74) is 2.56. The first kappa shape index (κ1) is 15.7. The minimum absolute atomic E-state index is 0.0286. The molecule has 1 aliphatic rings. The van der Waals surface area contributed by atoms with Gasteiger partial charge < -0.3 is 10.2 Å². The van der Waals surface area contributed by atoms with E-state index in [0.29, 0.717) is 11.3 Å². The van der Waals surface area contributed by atoms with Crippen LogP contribution in [0, 0.1) is 0 Å². The van der Waals surface area contributed by atoms with Crippen molar-refractivity contribution in [1.82, 2.24) is 4.90 Å². The van der Waals surface area contributed by atoms with E-state index in [1.165, 1.54) is 17.4 Å². The van der Waals surface area contributed by atoms with Gasteiger partial charge in [-0.1, -0.05) is 13.0 Å². The SMILES string of the molecule is CC[C@@H]1c2ccsc2CCN1C(=O)c1cccc(NC(C)=O)c1. The van der Waals surface area contributed by atoms with Crippen LogP contribution in [0.3, 0.4) is 0 Å². The van der Waals surface area contributed by atoms with Crippen LogP contribution in [0.25, 0.3) is 0 Å². The fourth-order valence-electron chi connectivity index (χ4n) is 3.18. The number of benzene rings is 1. The van der Waals surface area contributed by atoms with Gasteiger partial charge in [0.25, 0.3) is 5.91 Å². The maximum absolute atomic E-state index is 13.0. The van der Waals surface area contributed by atoms with Crippen LogP contribution >= 0.6 is 11.3 Å². The molecule has 2 aromatic rings. The van der Waals surface area contributed by atoms with Gasteiger partial charge in [0.05, 0.1) is 6.04 Å². The average Bonchev–Trinajstić information content (AvgIpc) is 3.01. The van der Waals surface area contributed by atoms with E-state index in [1.54, 1.807) is 29.5 Å². The normalized spacial score (nSPS) is 16.8. The minimum atomic E-state index is -0.137. The maximum atomic E-state index is 13.0. The molecule has 1 atom stereocenters. The summed E-state index contributed by atoms with van der Waals surface area (Å²) in [6.07, 6.45) is 1.82. The van der Waals surface area contributed by atoms with Gasteiger partial charge in [-0.2, -0.15) is 0 Å². The Hall–Kier alpha value is -2.14. The lowest BCUT2D eigenvalue weighted by Crippen LogP contribution is -2.39. The number of thiophene rings is 1. The molecule has 0 aliphatic carbocycles. The summed E-state index contributed by atoms with van der Waals surface area (Å²) < 4.78 is 0. The molecule has 0 saturated heterocycles. The molecular formula is C18H20N2O2S. The molecular weight excluding hydrogens is 308 g/mol. The highest BCUT2D eigenvalue weighted by molar-refractivity contribution is 7.10. The van der Waals surface area contributed by atoms with Crippen LogP contribution in [0.4, 0.5) is 5.69 Å². The van der Waals surface area contributed by atoms with Gasteiger partial charge >= 0.3 is 0 Å². The third kappa shape index (κ3) is 3.15. The zero-order chi connectivity index (χ0) is 16.4. The van der Waals surface area contributed by atoms with Gasteiger partial charge in [-0.05, 0) is 48.1 Å². The zero-order valence-corrected chi connectivity index (χ0v) is 14.2. The molecule has 0 bridgehead atoms. The van der Waals surface area contributed by atoms with Crippen molar-refractivity contribution in [3.05, 3.63) is 51.7 Å². The Morgan fingerprint density at radius 3 is 2.91 bits per heavy atom. The summed E-state index contributed by atoms with van der Waals surface area (Å²) in [6, 6.07) is 9.44. The molecule has 0 saturated carbocycles. The van der Waals surface area contributed by atoms with Crippen LogP contribution in [0.1, 0.15) is 47.1 Å². The van der Waals surface area contributed by atoms with Crippen LogP contribution in [0.5, 0.6) is 0 Å². The van der Waals surface area contributed by atoms with Crippen molar-refractivity contribution in [2.75, 3.05) is 11.9 Å². The van der Waals surface area contributed by atoms with E-state index in [-0.39, 0.29) is 17.9 Å². The molecule has 2 heterocycles. The quantitative estimate of drug-likeness (QED) is 0.930. The van der Waals surface area contributed by atoms with Crippen molar-refractivity contribution in [2.45, 2.75) is 32.7 Å². The Morgan fingerprint density at radius 2 is 2.17 bits per heavy atom. The highest BCUT2D eigenvalue weighted by atomic mass is 32.1. The number of nitrogens with one attached hydrogen (secondary N) is 1. The van der Waals surface area contributed by atoms with E-state index in [2.05, 4.69) is 23.7 Å². The first-order valence-electron chi connectivity index (χ1n) is 7.85. The van der Waals surface area contributed by atoms with Crippen molar-refractivity contribution < 1.29 is 9.59 Å². The summed E-state index contributed by atoms with van der Waals surface area (Å²) in [4.78, 5) is 27.5. The summed E-state index contributed by atoms with van der Waals surface area (Å²) >= 11 is 1.78. The smallest absolute Gasteiger partial charge is 0.254 e. The summed E-state index contributed by atoms with van der Waals surface area (Å²) in [6.45, 7) is 4.32. The first-order valence-corrected chi connectivity index (χ1v) is 8.73. The van der Waals surface area contributed by atoms with Crippen LogP contribution in [-0.2, 0) is 11.2 Å². The second-order valence-corrected chi connectivity index (χ2v) is 6.73. The first-order chi connectivity index (χ1) is 11.1. The summed E-state index contributed by atoms with van der Waals surface area (Å²) in [5, 5.41) is 4.84. The predicted molar refractivity (Wildman–Crippen MR) is 92.8 cm³/mol. The number of rotatable bonds is 3. The summed E-state index contributed by atoms with van der Waals surface area (Å²) in [5.74, 6) is -0.108. The second-order valence-electron chi connectivity index (χ2n) is 5.73. The second kappa shape index (κ2) is 6.54. The molecule has 0 spiro atoms. The predicted octanol–water partition coefficient (Wildman–Crippen LogP) is 3.86. The lowest BCUT2D eigenvalue weighted by atomic mass is 9.97. The van der Waals surface area contributed by atoms with Gasteiger partial charge in [-0.25, -0.2) is 0 Å². The fraction of sp³-hybridized carbons (Fsp3) is 0.333. The lowest BCUT2D eigenvalue weighted by Gasteiger charge is -2.35. The molecule has 5 heteroatoms. The molecule has 0 fully saturated rings. The Kier molecular flexibility index (Phi) is 4.48. The van der Waals surface area contributed by atoms with Crippen LogP contribution in [0.15, 0.2) is 35.7 Å². The van der Waals surface area contributed by atoms with Gasteiger partial charge in [-0.15, -0.1) is 11.3 Å². The van der Waals surface area contributed by atoms with Crippen LogP contribution < -0.4 is 5.32 Å². The van der Waals surface area contributed by atoms with E-state index >= 15 is 0 Å². The fourth-order valence-corrected chi connectivity index (χ4v) is 4.11. The van der Waals surface area contributed by atoms with Crippen molar-refractivity contribution in [3.8, 4) is 0 Å². The number of hydrogen-bond donors (Lipinski definition) is 1. The van der Waals surface area contributed by atoms with Crippen molar-refractivity contribution >= 4 is 28.8 Å². The van der Waals surface area contributed by atoms with Gasteiger partial charge in [-0.3, -0.25) is 9.59 Å². The number of amides is 2. The van der Waals surface area contributed by atoms with Crippen molar-refractivity contribution in [2.24, 2.45) is 0 Å². The maximum Gasteiger partial charge on any atom is 0.254 e. The Balaban J connectivity index is 1.87. The molecule has 1 aromatic carbocycles.